The number of unbranched alkanes of at least 4 members (excludes halogenated alkanes) is 1. The molecule has 0 spiro atoms. The lowest BCUT2D eigenvalue weighted by Gasteiger charge is -1.93. The summed E-state index contributed by atoms with van der Waals surface area (Å²) in [5.74, 6) is 0. The highest BCUT2D eigenvalue weighted by Crippen LogP contribution is 1.98. The second-order valence-corrected chi connectivity index (χ2v) is 2.26. The van der Waals surface area contributed by atoms with E-state index in [1.54, 1.807) is 6.07 Å². The number of rotatable bonds is 3. The van der Waals surface area contributed by atoms with Gasteiger partial charge in [-0.25, -0.2) is 0 Å². The Morgan fingerprint density at radius 2 is 2.50 bits per heavy atom. The largest absolute Gasteiger partial charge is 0.155 e. The van der Waals surface area contributed by atoms with Crippen molar-refractivity contribution in [1.82, 2.24) is 10.2 Å². The first-order valence-corrected chi connectivity index (χ1v) is 3.62. The summed E-state index contributed by atoms with van der Waals surface area (Å²) in [6, 6.07) is 3.76. The van der Waals surface area contributed by atoms with Crippen LogP contribution in [0.15, 0.2) is 12.1 Å². The lowest BCUT2D eigenvalue weighted by molar-refractivity contribution is 0.759. The Morgan fingerprint density at radius 1 is 1.60 bits per heavy atom. The van der Waals surface area contributed by atoms with Crippen LogP contribution in [-0.2, 0) is 6.42 Å². The topological polar surface area (TPSA) is 25.8 Å². The molecule has 0 atom stereocenters. The second-order valence-electron chi connectivity index (χ2n) is 2.26. The van der Waals surface area contributed by atoms with Crippen LogP contribution in [0, 0.1) is 6.20 Å². The highest BCUT2D eigenvalue weighted by atomic mass is 15.1. The summed E-state index contributed by atoms with van der Waals surface area (Å²) >= 11 is 0. The van der Waals surface area contributed by atoms with Gasteiger partial charge in [-0.05, 0) is 25.0 Å². The molecule has 0 saturated carbocycles. The minimum absolute atomic E-state index is 1.04. The van der Waals surface area contributed by atoms with Crippen LogP contribution in [0.3, 0.4) is 0 Å². The van der Waals surface area contributed by atoms with Gasteiger partial charge in [0.2, 0.25) is 0 Å². The Labute approximate surface area is 61.3 Å². The molecule has 0 amide bonds. The SMILES string of the molecule is CCCCc1cc[c]nn1. The van der Waals surface area contributed by atoms with E-state index in [2.05, 4.69) is 23.3 Å². The highest BCUT2D eigenvalue weighted by molar-refractivity contribution is 4.97. The summed E-state index contributed by atoms with van der Waals surface area (Å²) in [4.78, 5) is 0. The van der Waals surface area contributed by atoms with E-state index in [4.69, 9.17) is 0 Å². The monoisotopic (exact) mass is 135 g/mol. The van der Waals surface area contributed by atoms with E-state index >= 15 is 0 Å². The van der Waals surface area contributed by atoms with Gasteiger partial charge in [-0.3, -0.25) is 0 Å². The molecule has 0 bridgehead atoms. The van der Waals surface area contributed by atoms with E-state index in [0.717, 1.165) is 12.1 Å². The average Bonchev–Trinajstić information content (AvgIpc) is 2.03. The van der Waals surface area contributed by atoms with Crippen molar-refractivity contribution in [1.29, 1.82) is 0 Å². The summed E-state index contributed by atoms with van der Waals surface area (Å²) in [6.07, 6.45) is 6.09. The molecule has 10 heavy (non-hydrogen) atoms. The van der Waals surface area contributed by atoms with Crippen LogP contribution < -0.4 is 0 Å². The molecule has 2 heteroatoms. The first-order chi connectivity index (χ1) is 4.93. The first-order valence-electron chi connectivity index (χ1n) is 3.62. The maximum absolute atomic E-state index is 3.91. The molecule has 0 unspecified atom stereocenters. The minimum atomic E-state index is 1.04. The van der Waals surface area contributed by atoms with Crippen LogP contribution in [0.5, 0.6) is 0 Å². The Morgan fingerprint density at radius 3 is 3.10 bits per heavy atom. The first kappa shape index (κ1) is 7.19. The average molecular weight is 135 g/mol. The minimum Gasteiger partial charge on any atom is -0.155 e. The van der Waals surface area contributed by atoms with E-state index in [1.807, 2.05) is 6.07 Å². The maximum atomic E-state index is 3.91. The third-order valence-electron chi connectivity index (χ3n) is 1.37. The molecule has 0 aliphatic heterocycles. The predicted octanol–water partition coefficient (Wildman–Crippen LogP) is 1.62. The van der Waals surface area contributed by atoms with Crippen LogP contribution in [-0.4, -0.2) is 10.2 Å². The Balaban J connectivity index is 2.43. The molecule has 1 aromatic heterocycles. The van der Waals surface area contributed by atoms with Gasteiger partial charge in [0, 0.05) is 0 Å². The van der Waals surface area contributed by atoms with Gasteiger partial charge < -0.3 is 0 Å². The van der Waals surface area contributed by atoms with E-state index in [-0.39, 0.29) is 0 Å². The summed E-state index contributed by atoms with van der Waals surface area (Å²) in [6.45, 7) is 2.17. The molecule has 0 N–H and O–H groups in total. The van der Waals surface area contributed by atoms with E-state index in [0.29, 0.717) is 0 Å². The molecule has 0 fully saturated rings. The van der Waals surface area contributed by atoms with Gasteiger partial charge in [0.25, 0.3) is 0 Å². The van der Waals surface area contributed by atoms with Crippen molar-refractivity contribution in [3.8, 4) is 0 Å². The molecule has 0 aromatic carbocycles. The van der Waals surface area contributed by atoms with Gasteiger partial charge in [0.15, 0.2) is 0 Å². The van der Waals surface area contributed by atoms with Crippen molar-refractivity contribution >= 4 is 0 Å². The van der Waals surface area contributed by atoms with Crippen LogP contribution in [0.25, 0.3) is 0 Å². The molecule has 1 radical (unpaired) electrons. The standard InChI is InChI=1S/C8H11N2/c1-2-3-5-8-6-4-7-9-10-8/h4,6H,2-3,5H2,1H3. The van der Waals surface area contributed by atoms with Crippen molar-refractivity contribution in [2.24, 2.45) is 0 Å². The Kier molecular flexibility index (Phi) is 2.87. The van der Waals surface area contributed by atoms with Gasteiger partial charge in [0.05, 0.1) is 5.69 Å². The fraction of sp³-hybridized carbons (Fsp3) is 0.500. The predicted molar refractivity (Wildman–Crippen MR) is 39.5 cm³/mol. The summed E-state index contributed by atoms with van der Waals surface area (Å²) in [5.41, 5.74) is 1.07. The fourth-order valence-corrected chi connectivity index (χ4v) is 0.784. The second kappa shape index (κ2) is 3.99. The fourth-order valence-electron chi connectivity index (χ4n) is 0.784. The summed E-state index contributed by atoms with van der Waals surface area (Å²) < 4.78 is 0. The molecule has 0 aliphatic rings. The highest BCUT2D eigenvalue weighted by Gasteiger charge is 1.90. The van der Waals surface area contributed by atoms with Crippen molar-refractivity contribution in [2.45, 2.75) is 26.2 Å². The zero-order chi connectivity index (χ0) is 7.23. The van der Waals surface area contributed by atoms with Crippen molar-refractivity contribution in [3.05, 3.63) is 24.0 Å². The van der Waals surface area contributed by atoms with Crippen LogP contribution in [0.4, 0.5) is 0 Å². The summed E-state index contributed by atoms with van der Waals surface area (Å²) in [5, 5.41) is 7.57. The third-order valence-corrected chi connectivity index (χ3v) is 1.37. The van der Waals surface area contributed by atoms with Crippen LogP contribution >= 0.6 is 0 Å². The molecular weight excluding hydrogens is 124 g/mol. The molecular formula is C8H11N2. The zero-order valence-electron chi connectivity index (χ0n) is 6.17. The molecule has 1 heterocycles. The number of aryl methyl sites for hydroxylation is 1. The van der Waals surface area contributed by atoms with Gasteiger partial charge in [-0.2, -0.15) is 5.10 Å². The summed E-state index contributed by atoms with van der Waals surface area (Å²) in [7, 11) is 0. The van der Waals surface area contributed by atoms with Gasteiger partial charge in [-0.15, -0.1) is 5.10 Å². The number of hydrogen-bond acceptors (Lipinski definition) is 2. The maximum Gasteiger partial charge on any atom is 0.113 e. The Hall–Kier alpha value is -0.920. The van der Waals surface area contributed by atoms with Gasteiger partial charge >= 0.3 is 0 Å². The number of nitrogens with zero attached hydrogens (tertiary/aromatic N) is 2. The van der Waals surface area contributed by atoms with E-state index < -0.39 is 0 Å². The normalized spacial score (nSPS) is 9.70. The Bertz CT molecular complexity index is 172. The molecule has 0 aliphatic carbocycles. The number of aromatic nitrogens is 2. The third kappa shape index (κ3) is 2.13. The van der Waals surface area contributed by atoms with Crippen molar-refractivity contribution in [2.75, 3.05) is 0 Å². The zero-order valence-corrected chi connectivity index (χ0v) is 6.17. The van der Waals surface area contributed by atoms with E-state index in [9.17, 15) is 0 Å². The molecule has 1 rings (SSSR count). The molecule has 1 aromatic rings. The molecule has 2 nitrogen and oxygen atoms in total. The molecule has 53 valence electrons. The lowest BCUT2D eigenvalue weighted by atomic mass is 10.2. The number of hydrogen-bond donors (Lipinski definition) is 0. The van der Waals surface area contributed by atoms with E-state index in [1.165, 1.54) is 12.8 Å². The van der Waals surface area contributed by atoms with Crippen LogP contribution in [0.2, 0.25) is 0 Å². The van der Waals surface area contributed by atoms with Crippen molar-refractivity contribution in [3.63, 3.8) is 0 Å². The quantitative estimate of drug-likeness (QED) is 0.629. The molecule has 0 saturated heterocycles. The van der Waals surface area contributed by atoms with Crippen LogP contribution in [0.1, 0.15) is 25.5 Å². The van der Waals surface area contributed by atoms with Crippen molar-refractivity contribution < 1.29 is 0 Å². The van der Waals surface area contributed by atoms with Gasteiger partial charge in [0.1, 0.15) is 6.20 Å². The smallest absolute Gasteiger partial charge is 0.113 e. The lowest BCUT2D eigenvalue weighted by Crippen LogP contribution is -1.90. The van der Waals surface area contributed by atoms with Gasteiger partial charge in [-0.1, -0.05) is 13.3 Å².